The molecule has 0 aliphatic carbocycles. The van der Waals surface area contributed by atoms with Gasteiger partial charge in [0.25, 0.3) is 0 Å². The highest BCUT2D eigenvalue weighted by molar-refractivity contribution is 5.74. The number of aliphatic hydroxyl groups excluding tert-OH is 1. The Balaban J connectivity index is 1.75. The molecule has 2 atom stereocenters. The van der Waals surface area contributed by atoms with E-state index in [-0.39, 0.29) is 18.7 Å². The van der Waals surface area contributed by atoms with Gasteiger partial charge in [0.05, 0.1) is 0 Å². The third-order valence-corrected chi connectivity index (χ3v) is 4.11. The van der Waals surface area contributed by atoms with Gasteiger partial charge in [-0.15, -0.1) is 0 Å². The lowest BCUT2D eigenvalue weighted by atomic mass is 9.99. The number of rotatable bonds is 6. The molecule has 1 aromatic carbocycles. The minimum atomic E-state index is 0.0380. The molecule has 2 N–H and O–H groups in total. The second kappa shape index (κ2) is 8.03. The Morgan fingerprint density at radius 3 is 2.90 bits per heavy atom. The number of hydrogen-bond donors (Lipinski definition) is 2. The predicted octanol–water partition coefficient (Wildman–Crippen LogP) is 2.42. The van der Waals surface area contributed by atoms with E-state index in [1.54, 1.807) is 0 Å². The molecule has 0 aromatic heterocycles. The normalized spacial score (nSPS) is 19.5. The maximum Gasteiger partial charge on any atom is 0.317 e. The van der Waals surface area contributed by atoms with Crippen LogP contribution in [0.5, 0.6) is 0 Å². The van der Waals surface area contributed by atoms with Crippen molar-refractivity contribution in [3.8, 4) is 0 Å². The van der Waals surface area contributed by atoms with Crippen molar-refractivity contribution in [2.45, 2.75) is 38.6 Å². The molecular formula is C17H26N2O2. The molecule has 21 heavy (non-hydrogen) atoms. The number of hydrogen-bond acceptors (Lipinski definition) is 2. The van der Waals surface area contributed by atoms with Crippen LogP contribution in [0.3, 0.4) is 0 Å². The monoisotopic (exact) mass is 290 g/mol. The maximum absolute atomic E-state index is 12.2. The second-order valence-electron chi connectivity index (χ2n) is 6.01. The van der Waals surface area contributed by atoms with Gasteiger partial charge in [0.2, 0.25) is 0 Å². The van der Waals surface area contributed by atoms with Gasteiger partial charge in [-0.3, -0.25) is 0 Å². The lowest BCUT2D eigenvalue weighted by molar-refractivity contribution is 0.201. The van der Waals surface area contributed by atoms with Crippen molar-refractivity contribution in [1.29, 1.82) is 0 Å². The van der Waals surface area contributed by atoms with Crippen LogP contribution in [-0.2, 0) is 6.42 Å². The van der Waals surface area contributed by atoms with Crippen LogP contribution in [0.25, 0.3) is 0 Å². The number of aliphatic hydroxyl groups is 1. The van der Waals surface area contributed by atoms with E-state index >= 15 is 0 Å². The van der Waals surface area contributed by atoms with Crippen LogP contribution in [0, 0.1) is 5.92 Å². The van der Waals surface area contributed by atoms with E-state index in [0.29, 0.717) is 5.92 Å². The zero-order valence-electron chi connectivity index (χ0n) is 12.8. The molecule has 1 aliphatic heterocycles. The maximum atomic E-state index is 12.2. The average molecular weight is 290 g/mol. The Kier molecular flexibility index (Phi) is 6.05. The third-order valence-electron chi connectivity index (χ3n) is 4.11. The fourth-order valence-corrected chi connectivity index (χ4v) is 2.90. The zero-order valence-corrected chi connectivity index (χ0v) is 12.8. The second-order valence-corrected chi connectivity index (χ2v) is 6.01. The summed E-state index contributed by atoms with van der Waals surface area (Å²) in [5, 5.41) is 11.8. The van der Waals surface area contributed by atoms with Crippen molar-refractivity contribution in [3.05, 3.63) is 35.9 Å². The number of likely N-dealkylation sites (tertiary alicyclic amines) is 1. The summed E-state index contributed by atoms with van der Waals surface area (Å²) >= 11 is 0. The molecule has 4 heteroatoms. The Morgan fingerprint density at radius 1 is 1.43 bits per heavy atom. The summed E-state index contributed by atoms with van der Waals surface area (Å²) in [5.41, 5.74) is 1.35. The number of amides is 2. The van der Waals surface area contributed by atoms with Gasteiger partial charge in [0.1, 0.15) is 0 Å². The number of urea groups is 1. The smallest absolute Gasteiger partial charge is 0.317 e. The van der Waals surface area contributed by atoms with Gasteiger partial charge in [-0.2, -0.15) is 0 Å². The number of carbonyl (C=O) groups is 1. The highest BCUT2D eigenvalue weighted by Gasteiger charge is 2.26. The van der Waals surface area contributed by atoms with Gasteiger partial charge in [-0.1, -0.05) is 30.3 Å². The molecule has 2 amide bonds. The molecule has 1 aliphatic rings. The van der Waals surface area contributed by atoms with Crippen LogP contribution in [0.4, 0.5) is 4.79 Å². The molecule has 0 bridgehead atoms. The first-order chi connectivity index (χ1) is 10.2. The predicted molar refractivity (Wildman–Crippen MR) is 84.1 cm³/mol. The fraction of sp³-hybridized carbons (Fsp3) is 0.588. The Hall–Kier alpha value is -1.55. The van der Waals surface area contributed by atoms with Crippen LogP contribution in [-0.4, -0.2) is 41.8 Å². The van der Waals surface area contributed by atoms with E-state index in [1.807, 2.05) is 17.9 Å². The zero-order chi connectivity index (χ0) is 15.1. The molecule has 1 heterocycles. The van der Waals surface area contributed by atoms with Crippen LogP contribution in [0.2, 0.25) is 0 Å². The summed E-state index contributed by atoms with van der Waals surface area (Å²) < 4.78 is 0. The molecule has 2 rings (SSSR count). The van der Waals surface area contributed by atoms with Crippen LogP contribution >= 0.6 is 0 Å². The average Bonchev–Trinajstić information content (AvgIpc) is 2.95. The minimum absolute atomic E-state index is 0.0380. The largest absolute Gasteiger partial charge is 0.396 e. The van der Waals surface area contributed by atoms with Crippen LogP contribution in [0.1, 0.15) is 31.7 Å². The van der Waals surface area contributed by atoms with E-state index in [1.165, 1.54) is 5.56 Å². The van der Waals surface area contributed by atoms with Gasteiger partial charge in [-0.05, 0) is 44.1 Å². The Labute approximate surface area is 127 Å². The van der Waals surface area contributed by atoms with Gasteiger partial charge in [-0.25, -0.2) is 4.79 Å². The van der Waals surface area contributed by atoms with Crippen LogP contribution in [0.15, 0.2) is 30.3 Å². The summed E-state index contributed by atoms with van der Waals surface area (Å²) in [6.07, 6.45) is 3.68. The van der Waals surface area contributed by atoms with Crippen molar-refractivity contribution in [2.75, 3.05) is 19.7 Å². The number of benzene rings is 1. The molecule has 2 unspecified atom stereocenters. The molecule has 1 fully saturated rings. The lowest BCUT2D eigenvalue weighted by Crippen LogP contribution is -2.42. The summed E-state index contributed by atoms with van der Waals surface area (Å²) in [5.74, 6) is 0.561. The molecule has 1 aromatic rings. The van der Waals surface area contributed by atoms with E-state index in [9.17, 15) is 4.79 Å². The van der Waals surface area contributed by atoms with E-state index in [0.717, 1.165) is 38.8 Å². The molecule has 0 spiro atoms. The van der Waals surface area contributed by atoms with E-state index < -0.39 is 0 Å². The molecule has 116 valence electrons. The lowest BCUT2D eigenvalue weighted by Gasteiger charge is -2.21. The highest BCUT2D eigenvalue weighted by Crippen LogP contribution is 2.20. The number of carbonyl (C=O) groups excluding carboxylic acids is 1. The molecular weight excluding hydrogens is 264 g/mol. The van der Waals surface area contributed by atoms with Crippen molar-refractivity contribution in [2.24, 2.45) is 5.92 Å². The SMILES string of the molecule is CC(CCCO)NC(=O)N1CCC(Cc2ccccc2)C1. The van der Waals surface area contributed by atoms with Crippen molar-refractivity contribution in [3.63, 3.8) is 0 Å². The van der Waals surface area contributed by atoms with Gasteiger partial charge in [0, 0.05) is 25.7 Å². The van der Waals surface area contributed by atoms with Gasteiger partial charge in [0.15, 0.2) is 0 Å². The Bertz CT molecular complexity index is 436. The first kappa shape index (κ1) is 15.8. The summed E-state index contributed by atoms with van der Waals surface area (Å²) in [7, 11) is 0. The molecule has 0 radical (unpaired) electrons. The molecule has 1 saturated heterocycles. The van der Waals surface area contributed by atoms with Crippen molar-refractivity contribution < 1.29 is 9.90 Å². The summed E-state index contributed by atoms with van der Waals surface area (Å²) in [4.78, 5) is 14.1. The summed E-state index contributed by atoms with van der Waals surface area (Å²) in [6, 6.07) is 10.6. The molecule has 0 saturated carbocycles. The third kappa shape index (κ3) is 5.05. The number of nitrogens with zero attached hydrogens (tertiary/aromatic N) is 1. The minimum Gasteiger partial charge on any atom is -0.396 e. The van der Waals surface area contributed by atoms with Crippen LogP contribution < -0.4 is 5.32 Å². The first-order valence-electron chi connectivity index (χ1n) is 7.89. The van der Waals surface area contributed by atoms with E-state index in [4.69, 9.17) is 5.11 Å². The number of nitrogens with one attached hydrogen (secondary N) is 1. The topological polar surface area (TPSA) is 52.6 Å². The van der Waals surface area contributed by atoms with Gasteiger partial charge >= 0.3 is 6.03 Å². The van der Waals surface area contributed by atoms with Gasteiger partial charge < -0.3 is 15.3 Å². The molecule has 4 nitrogen and oxygen atoms in total. The van der Waals surface area contributed by atoms with Crippen molar-refractivity contribution in [1.82, 2.24) is 10.2 Å². The first-order valence-corrected chi connectivity index (χ1v) is 7.89. The van der Waals surface area contributed by atoms with E-state index in [2.05, 4.69) is 29.6 Å². The standard InChI is InChI=1S/C17H26N2O2/c1-14(6-5-11-20)18-17(21)19-10-9-16(13-19)12-15-7-3-2-4-8-15/h2-4,7-8,14,16,20H,5-6,9-13H2,1H3,(H,18,21). The highest BCUT2D eigenvalue weighted by atomic mass is 16.3. The quantitative estimate of drug-likeness (QED) is 0.845. The fourth-order valence-electron chi connectivity index (χ4n) is 2.90. The Morgan fingerprint density at radius 2 is 2.19 bits per heavy atom. The van der Waals surface area contributed by atoms with Crippen molar-refractivity contribution >= 4 is 6.03 Å². The summed E-state index contributed by atoms with van der Waals surface area (Å²) in [6.45, 7) is 3.86.